The Hall–Kier alpha value is -3.93. The van der Waals surface area contributed by atoms with Gasteiger partial charge in [0.2, 0.25) is 0 Å². The Balaban J connectivity index is 1.50. The van der Waals surface area contributed by atoms with Crippen molar-refractivity contribution in [3.8, 4) is 11.5 Å². The number of esters is 1. The molecule has 6 nitrogen and oxygen atoms in total. The van der Waals surface area contributed by atoms with Crippen LogP contribution in [-0.2, 0) is 0 Å². The number of ether oxygens (including phenoxy) is 2. The van der Waals surface area contributed by atoms with Crippen molar-refractivity contribution in [3.63, 3.8) is 0 Å². The number of carbonyl (C=O) groups excluding carboxylic acids is 2. The summed E-state index contributed by atoms with van der Waals surface area (Å²) >= 11 is 0. The van der Waals surface area contributed by atoms with Gasteiger partial charge in [0.1, 0.15) is 11.5 Å². The van der Waals surface area contributed by atoms with Gasteiger partial charge in [-0.2, -0.15) is 5.10 Å². The maximum atomic E-state index is 12.2. The van der Waals surface area contributed by atoms with Gasteiger partial charge in [0.25, 0.3) is 5.91 Å². The summed E-state index contributed by atoms with van der Waals surface area (Å²) in [5.41, 5.74) is 5.23. The molecule has 0 aliphatic rings. The zero-order valence-electron chi connectivity index (χ0n) is 18.2. The number of nitrogens with one attached hydrogen (secondary N) is 1. The van der Waals surface area contributed by atoms with Crippen molar-refractivity contribution >= 4 is 18.1 Å². The number of rotatable bonds is 9. The van der Waals surface area contributed by atoms with E-state index in [0.717, 1.165) is 29.7 Å². The van der Waals surface area contributed by atoms with Gasteiger partial charge < -0.3 is 9.47 Å². The van der Waals surface area contributed by atoms with Crippen molar-refractivity contribution in [2.75, 3.05) is 6.61 Å². The number of benzene rings is 3. The highest BCUT2D eigenvalue weighted by Gasteiger charge is 2.08. The molecular weight excluding hydrogens is 404 g/mol. The fourth-order valence-corrected chi connectivity index (χ4v) is 2.83. The molecule has 1 amide bonds. The van der Waals surface area contributed by atoms with E-state index in [1.807, 2.05) is 19.1 Å². The predicted octanol–water partition coefficient (Wildman–Crippen LogP) is 5.16. The van der Waals surface area contributed by atoms with Crippen molar-refractivity contribution in [2.45, 2.75) is 26.7 Å². The van der Waals surface area contributed by atoms with E-state index in [1.165, 1.54) is 6.21 Å². The molecule has 0 aliphatic heterocycles. The van der Waals surface area contributed by atoms with Crippen molar-refractivity contribution < 1.29 is 19.1 Å². The summed E-state index contributed by atoms with van der Waals surface area (Å²) in [6.45, 7) is 4.69. The Bertz CT molecular complexity index is 1070. The smallest absolute Gasteiger partial charge is 0.343 e. The first-order valence-corrected chi connectivity index (χ1v) is 10.5. The molecule has 164 valence electrons. The lowest BCUT2D eigenvalue weighted by atomic mass is 10.1. The summed E-state index contributed by atoms with van der Waals surface area (Å²) in [6.07, 6.45) is 3.58. The van der Waals surface area contributed by atoms with Crippen LogP contribution in [-0.4, -0.2) is 24.7 Å². The van der Waals surface area contributed by atoms with Crippen molar-refractivity contribution in [1.29, 1.82) is 0 Å². The van der Waals surface area contributed by atoms with E-state index in [-0.39, 0.29) is 5.91 Å². The van der Waals surface area contributed by atoms with Gasteiger partial charge in [0.15, 0.2) is 0 Å². The molecule has 1 N–H and O–H groups in total. The molecule has 32 heavy (non-hydrogen) atoms. The molecule has 0 atom stereocenters. The molecule has 6 heteroatoms. The second-order valence-electron chi connectivity index (χ2n) is 7.25. The Morgan fingerprint density at radius 3 is 2.34 bits per heavy atom. The normalized spacial score (nSPS) is 10.7. The van der Waals surface area contributed by atoms with Crippen LogP contribution < -0.4 is 14.9 Å². The quantitative estimate of drug-likeness (QED) is 0.167. The molecule has 0 aromatic heterocycles. The third-order valence-corrected chi connectivity index (χ3v) is 4.61. The Morgan fingerprint density at radius 2 is 1.66 bits per heavy atom. The van der Waals surface area contributed by atoms with Crippen LogP contribution in [0.2, 0.25) is 0 Å². The molecule has 3 aromatic rings. The van der Waals surface area contributed by atoms with E-state index >= 15 is 0 Å². The third-order valence-electron chi connectivity index (χ3n) is 4.61. The first kappa shape index (κ1) is 22.7. The van der Waals surface area contributed by atoms with E-state index < -0.39 is 5.97 Å². The molecule has 0 heterocycles. The average Bonchev–Trinajstić information content (AvgIpc) is 2.81. The van der Waals surface area contributed by atoms with Crippen LogP contribution in [0.4, 0.5) is 0 Å². The number of amides is 1. The number of hydrogen-bond acceptors (Lipinski definition) is 5. The summed E-state index contributed by atoms with van der Waals surface area (Å²) in [5.74, 6) is 0.440. The van der Waals surface area contributed by atoms with Gasteiger partial charge in [-0.15, -0.1) is 0 Å². The molecule has 0 unspecified atom stereocenters. The van der Waals surface area contributed by atoms with Crippen LogP contribution in [0.5, 0.6) is 11.5 Å². The zero-order valence-corrected chi connectivity index (χ0v) is 18.2. The maximum Gasteiger partial charge on any atom is 0.343 e. The van der Waals surface area contributed by atoms with E-state index in [0.29, 0.717) is 23.5 Å². The molecule has 0 aliphatic carbocycles. The number of nitrogens with zero attached hydrogens (tertiary/aromatic N) is 1. The lowest BCUT2D eigenvalue weighted by Gasteiger charge is -2.06. The second-order valence-corrected chi connectivity index (χ2v) is 7.25. The van der Waals surface area contributed by atoms with E-state index in [2.05, 4.69) is 17.5 Å². The summed E-state index contributed by atoms with van der Waals surface area (Å²) in [6, 6.07) is 21.0. The second kappa shape index (κ2) is 11.5. The van der Waals surface area contributed by atoms with E-state index in [1.54, 1.807) is 60.7 Å². The predicted molar refractivity (Wildman–Crippen MR) is 124 cm³/mol. The molecule has 0 bridgehead atoms. The van der Waals surface area contributed by atoms with Gasteiger partial charge in [0.05, 0.1) is 18.4 Å². The number of carbonyl (C=O) groups is 2. The Morgan fingerprint density at radius 1 is 0.938 bits per heavy atom. The highest BCUT2D eigenvalue weighted by molar-refractivity contribution is 5.95. The average molecular weight is 431 g/mol. The first-order valence-electron chi connectivity index (χ1n) is 10.5. The Labute approximate surface area is 187 Å². The van der Waals surface area contributed by atoms with E-state index in [4.69, 9.17) is 9.47 Å². The van der Waals surface area contributed by atoms with Gasteiger partial charge in [-0.05, 0) is 79.6 Å². The summed E-state index contributed by atoms with van der Waals surface area (Å²) in [4.78, 5) is 24.4. The molecule has 0 spiro atoms. The summed E-state index contributed by atoms with van der Waals surface area (Å²) in [5, 5.41) is 3.99. The largest absolute Gasteiger partial charge is 0.494 e. The number of unbranched alkanes of at least 4 members (excludes halogenated alkanes) is 1. The van der Waals surface area contributed by atoms with Crippen LogP contribution in [0.25, 0.3) is 0 Å². The van der Waals surface area contributed by atoms with Crippen LogP contribution >= 0.6 is 0 Å². The molecule has 0 saturated carbocycles. The summed E-state index contributed by atoms with van der Waals surface area (Å²) in [7, 11) is 0. The van der Waals surface area contributed by atoms with Gasteiger partial charge >= 0.3 is 5.97 Å². The van der Waals surface area contributed by atoms with E-state index in [9.17, 15) is 9.59 Å². The van der Waals surface area contributed by atoms with Crippen LogP contribution in [0.3, 0.4) is 0 Å². The lowest BCUT2D eigenvalue weighted by molar-refractivity contribution is 0.0734. The molecule has 0 fully saturated rings. The number of hydrazone groups is 1. The van der Waals surface area contributed by atoms with Crippen LogP contribution in [0.1, 0.15) is 51.6 Å². The fourth-order valence-electron chi connectivity index (χ4n) is 2.83. The standard InChI is InChI=1S/C26H26N2O4/c1-3-4-16-31-23-14-10-21(11-15-23)25(29)28-27-18-20-8-12-24(13-9-20)32-26(30)22-7-5-6-19(2)17-22/h5-15,17-18H,3-4,16H2,1-2H3,(H,28,29)/b27-18+. The van der Waals surface area contributed by atoms with Crippen molar-refractivity contribution in [2.24, 2.45) is 5.10 Å². The minimum atomic E-state index is -0.413. The molecule has 3 aromatic carbocycles. The zero-order chi connectivity index (χ0) is 22.8. The topological polar surface area (TPSA) is 77.0 Å². The molecule has 0 radical (unpaired) electrons. The molecule has 3 rings (SSSR count). The van der Waals surface area contributed by atoms with Gasteiger partial charge in [-0.3, -0.25) is 4.79 Å². The monoisotopic (exact) mass is 430 g/mol. The maximum absolute atomic E-state index is 12.2. The van der Waals surface area contributed by atoms with Gasteiger partial charge in [-0.25, -0.2) is 10.2 Å². The highest BCUT2D eigenvalue weighted by Crippen LogP contribution is 2.15. The highest BCUT2D eigenvalue weighted by atomic mass is 16.5. The number of aryl methyl sites for hydroxylation is 1. The SMILES string of the molecule is CCCCOc1ccc(C(=O)N/N=C/c2ccc(OC(=O)c3cccc(C)c3)cc2)cc1. The molecular formula is C26H26N2O4. The van der Waals surface area contributed by atoms with Crippen molar-refractivity contribution in [3.05, 3.63) is 95.1 Å². The minimum Gasteiger partial charge on any atom is -0.494 e. The third kappa shape index (κ3) is 6.80. The fraction of sp³-hybridized carbons (Fsp3) is 0.192. The van der Waals surface area contributed by atoms with Crippen molar-refractivity contribution in [1.82, 2.24) is 5.43 Å². The molecule has 0 saturated heterocycles. The summed E-state index contributed by atoms with van der Waals surface area (Å²) < 4.78 is 11.0. The van der Waals surface area contributed by atoms with Crippen LogP contribution in [0.15, 0.2) is 77.9 Å². The number of hydrogen-bond donors (Lipinski definition) is 1. The van der Waals surface area contributed by atoms with Gasteiger partial charge in [0, 0.05) is 5.56 Å². The van der Waals surface area contributed by atoms with Crippen LogP contribution in [0, 0.1) is 6.92 Å². The first-order chi connectivity index (χ1) is 15.5. The Kier molecular flexibility index (Phi) is 8.15. The lowest BCUT2D eigenvalue weighted by Crippen LogP contribution is -2.17. The van der Waals surface area contributed by atoms with Gasteiger partial charge in [-0.1, -0.05) is 31.0 Å². The minimum absolute atomic E-state index is 0.315.